The smallest absolute Gasteiger partial charge is 0.0836 e. The molecule has 0 radical (unpaired) electrons. The normalized spacial score (nSPS) is 42.8. The van der Waals surface area contributed by atoms with E-state index >= 15 is 0 Å². The summed E-state index contributed by atoms with van der Waals surface area (Å²) in [7, 11) is 0. The second kappa shape index (κ2) is 9.23. The predicted octanol–water partition coefficient (Wildman–Crippen LogP) is 7.71. The highest BCUT2D eigenvalue weighted by molar-refractivity contribution is 6.09. The van der Waals surface area contributed by atoms with Crippen molar-refractivity contribution >= 4 is 11.4 Å². The Morgan fingerprint density at radius 1 is 1.03 bits per heavy atom. The van der Waals surface area contributed by atoms with Gasteiger partial charge in [-0.15, -0.1) is 0 Å². The van der Waals surface area contributed by atoms with Crippen molar-refractivity contribution < 1.29 is 10.4 Å². The van der Waals surface area contributed by atoms with Crippen LogP contribution in [0.3, 0.4) is 0 Å². The molecule has 184 valence electrons. The summed E-state index contributed by atoms with van der Waals surface area (Å²) in [6.45, 7) is 14.4. The number of fused-ring (bicyclic) bond motifs is 5. The van der Waals surface area contributed by atoms with Crippen LogP contribution in [0.15, 0.2) is 34.1 Å². The number of nitrogens with zero attached hydrogens (tertiary/aromatic N) is 2. The fourth-order valence-corrected chi connectivity index (χ4v) is 8.78. The maximum absolute atomic E-state index is 9.96. The zero-order valence-electron chi connectivity index (χ0n) is 21.7. The van der Waals surface area contributed by atoms with Gasteiger partial charge in [-0.25, -0.2) is 0 Å². The molecule has 8 atom stereocenters. The summed E-state index contributed by atoms with van der Waals surface area (Å²) in [6, 6.07) is 0. The van der Waals surface area contributed by atoms with Gasteiger partial charge < -0.3 is 10.4 Å². The SMILES string of the molecule is CC[C@H](/C=C/[C@@H](C)[C@H]1CC[C@H]2[C@@H]3C/C(=N/O)C4=C/C(=N\O)CC[C@]4(C)[C@H]3CC[C@]12C)C(C)C. The second-order valence-electron chi connectivity index (χ2n) is 12.5. The van der Waals surface area contributed by atoms with Crippen LogP contribution in [0.2, 0.25) is 0 Å². The molecule has 0 aromatic heterocycles. The number of oxime groups is 2. The number of hydrogen-bond acceptors (Lipinski definition) is 4. The summed E-state index contributed by atoms with van der Waals surface area (Å²) in [4.78, 5) is 0. The predicted molar refractivity (Wildman–Crippen MR) is 136 cm³/mol. The Morgan fingerprint density at radius 2 is 1.79 bits per heavy atom. The maximum atomic E-state index is 9.96. The molecule has 0 aliphatic heterocycles. The Kier molecular flexibility index (Phi) is 6.86. The van der Waals surface area contributed by atoms with Crippen molar-refractivity contribution in [3.05, 3.63) is 23.8 Å². The van der Waals surface area contributed by atoms with Crippen molar-refractivity contribution in [2.75, 3.05) is 0 Å². The van der Waals surface area contributed by atoms with E-state index in [2.05, 4.69) is 64.0 Å². The molecular formula is C29H46N2O2. The first-order valence-corrected chi connectivity index (χ1v) is 13.5. The summed E-state index contributed by atoms with van der Waals surface area (Å²) in [5.74, 6) is 4.65. The molecule has 3 fully saturated rings. The van der Waals surface area contributed by atoms with Crippen LogP contribution in [0.4, 0.5) is 0 Å². The van der Waals surface area contributed by atoms with Gasteiger partial charge in [-0.1, -0.05) is 64.0 Å². The fourth-order valence-electron chi connectivity index (χ4n) is 8.78. The van der Waals surface area contributed by atoms with E-state index in [9.17, 15) is 10.4 Å². The molecule has 0 spiro atoms. The highest BCUT2D eigenvalue weighted by Crippen LogP contribution is 2.67. The Hall–Kier alpha value is -1.58. The van der Waals surface area contributed by atoms with Gasteiger partial charge in [0.05, 0.1) is 11.4 Å². The number of allylic oxidation sites excluding steroid dienone is 4. The highest BCUT2D eigenvalue weighted by atomic mass is 16.4. The van der Waals surface area contributed by atoms with Crippen LogP contribution < -0.4 is 0 Å². The Labute approximate surface area is 201 Å². The molecule has 33 heavy (non-hydrogen) atoms. The minimum absolute atomic E-state index is 0.0230. The topological polar surface area (TPSA) is 65.2 Å². The molecule has 3 saturated carbocycles. The fraction of sp³-hybridized carbons (Fsp3) is 0.793. The second-order valence-corrected chi connectivity index (χ2v) is 12.5. The van der Waals surface area contributed by atoms with Crippen LogP contribution in [0.5, 0.6) is 0 Å². The summed E-state index contributed by atoms with van der Waals surface area (Å²) < 4.78 is 0. The van der Waals surface area contributed by atoms with E-state index in [1.165, 1.54) is 32.1 Å². The monoisotopic (exact) mass is 454 g/mol. The van der Waals surface area contributed by atoms with Crippen molar-refractivity contribution in [1.82, 2.24) is 0 Å². The summed E-state index contributed by atoms with van der Waals surface area (Å²) in [5, 5.41) is 26.6. The lowest BCUT2D eigenvalue weighted by Crippen LogP contribution is -2.53. The Morgan fingerprint density at radius 3 is 2.42 bits per heavy atom. The lowest BCUT2D eigenvalue weighted by Gasteiger charge is -2.58. The molecule has 0 saturated heterocycles. The van der Waals surface area contributed by atoms with Crippen molar-refractivity contribution in [1.29, 1.82) is 0 Å². The lowest BCUT2D eigenvalue weighted by atomic mass is 9.46. The van der Waals surface area contributed by atoms with Crippen molar-refractivity contribution in [3.8, 4) is 0 Å². The highest BCUT2D eigenvalue weighted by Gasteiger charge is 2.60. The van der Waals surface area contributed by atoms with E-state index in [0.29, 0.717) is 40.9 Å². The standard InChI is InChI=1S/C29H46N2O2/c1-7-20(18(2)3)9-8-19(4)23-10-11-24-22-17-27(31-33)26-16-21(30-32)12-14-29(26,6)25(22)13-15-28(23,24)5/h8-9,16,18-20,22-25,32-33H,7,10-15,17H2,1-6H3/b9-8+,30-21-,31-27-/t19-,20-,22+,23-,24+,25+,28-,29-/m1/s1. The largest absolute Gasteiger partial charge is 0.411 e. The van der Waals surface area contributed by atoms with Gasteiger partial charge in [-0.2, -0.15) is 0 Å². The molecule has 0 aromatic carbocycles. The van der Waals surface area contributed by atoms with E-state index in [-0.39, 0.29) is 5.41 Å². The molecule has 2 N–H and O–H groups in total. The van der Waals surface area contributed by atoms with E-state index in [4.69, 9.17) is 0 Å². The first-order valence-electron chi connectivity index (χ1n) is 13.5. The molecule has 0 heterocycles. The van der Waals surface area contributed by atoms with Gasteiger partial charge >= 0.3 is 0 Å². The van der Waals surface area contributed by atoms with E-state index in [1.807, 2.05) is 6.08 Å². The van der Waals surface area contributed by atoms with Crippen LogP contribution >= 0.6 is 0 Å². The van der Waals surface area contributed by atoms with E-state index in [0.717, 1.165) is 42.2 Å². The number of rotatable bonds is 5. The molecule has 4 aliphatic rings. The molecule has 0 unspecified atom stereocenters. The molecule has 0 aromatic rings. The van der Waals surface area contributed by atoms with Crippen molar-refractivity contribution in [2.24, 2.45) is 62.6 Å². The van der Waals surface area contributed by atoms with Gasteiger partial charge in [-0.05, 0) is 115 Å². The third kappa shape index (κ3) is 4.00. The Balaban J connectivity index is 1.59. The number of hydrogen-bond donors (Lipinski definition) is 2. The van der Waals surface area contributed by atoms with Gasteiger partial charge in [0.25, 0.3) is 0 Å². The molecule has 4 aliphatic carbocycles. The van der Waals surface area contributed by atoms with Crippen LogP contribution in [0.1, 0.15) is 92.9 Å². The van der Waals surface area contributed by atoms with Crippen molar-refractivity contribution in [2.45, 2.75) is 92.9 Å². The lowest BCUT2D eigenvalue weighted by molar-refractivity contribution is -0.0384. The van der Waals surface area contributed by atoms with Crippen LogP contribution in [-0.4, -0.2) is 21.8 Å². The van der Waals surface area contributed by atoms with Crippen LogP contribution in [-0.2, 0) is 0 Å². The third-order valence-electron chi connectivity index (χ3n) is 10.8. The van der Waals surface area contributed by atoms with Gasteiger partial charge in [0.15, 0.2) is 0 Å². The summed E-state index contributed by atoms with van der Waals surface area (Å²) in [5.41, 5.74) is 3.07. The minimum Gasteiger partial charge on any atom is -0.411 e. The molecule has 0 amide bonds. The average Bonchev–Trinajstić information content (AvgIpc) is 3.15. The minimum atomic E-state index is 0.0230. The van der Waals surface area contributed by atoms with Crippen LogP contribution in [0, 0.1) is 52.3 Å². The summed E-state index contributed by atoms with van der Waals surface area (Å²) in [6.07, 6.45) is 16.1. The molecule has 4 heteroatoms. The van der Waals surface area contributed by atoms with E-state index < -0.39 is 0 Å². The quantitative estimate of drug-likeness (QED) is 0.254. The molecule has 4 rings (SSSR count). The molecule has 0 bridgehead atoms. The first-order chi connectivity index (χ1) is 15.7. The first kappa shape index (κ1) is 24.5. The van der Waals surface area contributed by atoms with Gasteiger partial charge in [0, 0.05) is 0 Å². The van der Waals surface area contributed by atoms with Crippen LogP contribution in [0.25, 0.3) is 0 Å². The van der Waals surface area contributed by atoms with Crippen molar-refractivity contribution in [3.63, 3.8) is 0 Å². The molecular weight excluding hydrogens is 408 g/mol. The van der Waals surface area contributed by atoms with Gasteiger partial charge in [0.1, 0.15) is 0 Å². The van der Waals surface area contributed by atoms with Gasteiger partial charge in [0.2, 0.25) is 0 Å². The van der Waals surface area contributed by atoms with E-state index in [1.54, 1.807) is 0 Å². The van der Waals surface area contributed by atoms with Gasteiger partial charge in [-0.3, -0.25) is 0 Å². The third-order valence-corrected chi connectivity index (χ3v) is 10.8. The summed E-state index contributed by atoms with van der Waals surface area (Å²) >= 11 is 0. The zero-order chi connectivity index (χ0) is 24.0. The average molecular weight is 455 g/mol. The Bertz CT molecular complexity index is 856. The zero-order valence-corrected chi connectivity index (χ0v) is 21.7. The molecule has 4 nitrogen and oxygen atoms in total. The maximum Gasteiger partial charge on any atom is 0.0836 e.